The molecule has 1 unspecified atom stereocenters. The van der Waals surface area contributed by atoms with Crippen molar-refractivity contribution in [2.45, 2.75) is 25.4 Å². The molecule has 1 rings (SSSR count). The summed E-state index contributed by atoms with van der Waals surface area (Å²) in [6.45, 7) is 0. The van der Waals surface area contributed by atoms with Crippen LogP contribution in [0.3, 0.4) is 0 Å². The fourth-order valence-electron chi connectivity index (χ4n) is 1.24. The average molecular weight is 155 g/mol. The number of carboxylic acid groups (broad SMARTS) is 1. The number of aliphatic carboxylic acids is 1. The predicted octanol–water partition coefficient (Wildman–Crippen LogP) is 0.126. The van der Waals surface area contributed by atoms with E-state index in [9.17, 15) is 4.79 Å². The Hall–Kier alpha value is -1.08. The number of rotatable bonds is 2. The van der Waals surface area contributed by atoms with Crippen LogP contribution in [-0.2, 0) is 4.79 Å². The molecule has 0 aromatic carbocycles. The molecule has 0 radical (unpaired) electrons. The molecule has 2 N–H and O–H groups in total. The van der Waals surface area contributed by atoms with Crippen LogP contribution in [-0.4, -0.2) is 22.3 Å². The summed E-state index contributed by atoms with van der Waals surface area (Å²) in [5.41, 5.74) is -0.994. The monoisotopic (exact) mass is 155 g/mol. The summed E-state index contributed by atoms with van der Waals surface area (Å²) in [4.78, 5) is 10.3. The van der Waals surface area contributed by atoms with Crippen molar-refractivity contribution in [2.24, 2.45) is 5.41 Å². The van der Waals surface area contributed by atoms with Crippen molar-refractivity contribution < 1.29 is 15.0 Å². The molecule has 0 saturated heterocycles. The Kier molecular flexibility index (Phi) is 1.83. The van der Waals surface area contributed by atoms with Gasteiger partial charge in [-0.3, -0.25) is 0 Å². The van der Waals surface area contributed by atoms with Crippen molar-refractivity contribution in [3.05, 3.63) is 0 Å². The Morgan fingerprint density at radius 3 is 2.27 bits per heavy atom. The zero-order valence-corrected chi connectivity index (χ0v) is 5.95. The molecule has 1 aliphatic carbocycles. The highest BCUT2D eigenvalue weighted by atomic mass is 16.4. The smallest absolute Gasteiger partial charge is 0.334 e. The van der Waals surface area contributed by atoms with E-state index in [0.29, 0.717) is 12.8 Å². The van der Waals surface area contributed by atoms with Crippen molar-refractivity contribution >= 4 is 5.97 Å². The van der Waals surface area contributed by atoms with Crippen molar-refractivity contribution in [1.29, 1.82) is 5.26 Å². The molecule has 4 heteroatoms. The number of aliphatic hydroxyl groups excluding tert-OH is 1. The molecule has 0 aliphatic heterocycles. The minimum absolute atomic E-state index is 0.497. The van der Waals surface area contributed by atoms with Gasteiger partial charge in [-0.25, -0.2) is 4.79 Å². The second kappa shape index (κ2) is 2.51. The van der Waals surface area contributed by atoms with Crippen LogP contribution in [0.1, 0.15) is 19.3 Å². The van der Waals surface area contributed by atoms with Crippen LogP contribution in [0.4, 0.5) is 0 Å². The molecule has 4 nitrogen and oxygen atoms in total. The van der Waals surface area contributed by atoms with E-state index in [0.717, 1.165) is 6.42 Å². The molecule has 11 heavy (non-hydrogen) atoms. The van der Waals surface area contributed by atoms with Gasteiger partial charge in [0.1, 0.15) is 0 Å². The van der Waals surface area contributed by atoms with Gasteiger partial charge in [-0.05, 0) is 12.8 Å². The van der Waals surface area contributed by atoms with Crippen LogP contribution in [0.25, 0.3) is 0 Å². The minimum Gasteiger partial charge on any atom is -0.479 e. The zero-order valence-electron chi connectivity index (χ0n) is 5.95. The lowest BCUT2D eigenvalue weighted by Gasteiger charge is -2.36. The number of hydrogen-bond acceptors (Lipinski definition) is 3. The molecule has 0 spiro atoms. The summed E-state index contributed by atoms with van der Waals surface area (Å²) < 4.78 is 0. The highest BCUT2D eigenvalue weighted by molar-refractivity contribution is 5.74. The summed E-state index contributed by atoms with van der Waals surface area (Å²) in [6.07, 6.45) is 0.312. The van der Waals surface area contributed by atoms with Crippen molar-refractivity contribution in [1.82, 2.24) is 0 Å². The Morgan fingerprint density at radius 2 is 2.18 bits per heavy atom. The van der Waals surface area contributed by atoms with Gasteiger partial charge in [0.15, 0.2) is 6.10 Å². The zero-order chi connectivity index (χ0) is 8.48. The topological polar surface area (TPSA) is 81.3 Å². The van der Waals surface area contributed by atoms with Crippen molar-refractivity contribution in [3.63, 3.8) is 0 Å². The molecule has 1 saturated carbocycles. The number of nitriles is 1. The summed E-state index contributed by atoms with van der Waals surface area (Å²) >= 11 is 0. The summed E-state index contributed by atoms with van der Waals surface area (Å²) in [5.74, 6) is -1.30. The van der Waals surface area contributed by atoms with Gasteiger partial charge in [-0.15, -0.1) is 0 Å². The third-order valence-corrected chi connectivity index (χ3v) is 2.23. The highest BCUT2D eigenvalue weighted by Gasteiger charge is 2.47. The van der Waals surface area contributed by atoms with E-state index in [1.54, 1.807) is 0 Å². The summed E-state index contributed by atoms with van der Waals surface area (Å²) in [5, 5.41) is 26.1. The molecule has 0 aromatic rings. The second-order valence-electron chi connectivity index (χ2n) is 2.86. The maximum absolute atomic E-state index is 10.3. The largest absolute Gasteiger partial charge is 0.479 e. The first kappa shape index (κ1) is 8.02. The van der Waals surface area contributed by atoms with Gasteiger partial charge in [0, 0.05) is 0 Å². The first-order valence-electron chi connectivity index (χ1n) is 3.44. The molecular formula is C7H9NO3. The molecule has 1 atom stereocenters. The number of nitrogens with zero attached hydrogens (tertiary/aromatic N) is 1. The van der Waals surface area contributed by atoms with E-state index in [-0.39, 0.29) is 0 Å². The fraction of sp³-hybridized carbons (Fsp3) is 0.714. The van der Waals surface area contributed by atoms with Crippen molar-refractivity contribution in [3.8, 4) is 6.07 Å². The quantitative estimate of drug-likeness (QED) is 0.593. The molecule has 1 aliphatic rings. The maximum atomic E-state index is 10.3. The SMILES string of the molecule is N#CC1(C(O)C(=O)O)CCC1. The maximum Gasteiger partial charge on any atom is 0.334 e. The van der Waals surface area contributed by atoms with E-state index in [2.05, 4.69) is 0 Å². The van der Waals surface area contributed by atoms with Gasteiger partial charge in [0.25, 0.3) is 0 Å². The standard InChI is InChI=1S/C7H9NO3/c8-4-7(2-1-3-7)5(9)6(10)11/h5,9H,1-3H2,(H,10,11). The van der Waals surface area contributed by atoms with E-state index < -0.39 is 17.5 Å². The predicted molar refractivity (Wildman–Crippen MR) is 35.5 cm³/mol. The fourth-order valence-corrected chi connectivity index (χ4v) is 1.24. The van der Waals surface area contributed by atoms with Gasteiger partial charge >= 0.3 is 5.97 Å². The highest BCUT2D eigenvalue weighted by Crippen LogP contribution is 2.43. The Bertz CT molecular complexity index is 214. The van der Waals surface area contributed by atoms with Crippen LogP contribution >= 0.6 is 0 Å². The third-order valence-electron chi connectivity index (χ3n) is 2.23. The Labute approximate surface area is 64.1 Å². The van der Waals surface area contributed by atoms with Crippen LogP contribution in [0.15, 0.2) is 0 Å². The van der Waals surface area contributed by atoms with E-state index in [1.807, 2.05) is 6.07 Å². The molecule has 60 valence electrons. The minimum atomic E-state index is -1.51. The van der Waals surface area contributed by atoms with Gasteiger partial charge in [0.05, 0.1) is 11.5 Å². The first-order valence-corrected chi connectivity index (χ1v) is 3.44. The normalized spacial score (nSPS) is 22.9. The molecule has 0 bridgehead atoms. The Balaban J connectivity index is 2.71. The van der Waals surface area contributed by atoms with Gasteiger partial charge in [0.2, 0.25) is 0 Å². The van der Waals surface area contributed by atoms with E-state index in [4.69, 9.17) is 15.5 Å². The van der Waals surface area contributed by atoms with Gasteiger partial charge in [-0.1, -0.05) is 6.42 Å². The second-order valence-corrected chi connectivity index (χ2v) is 2.86. The van der Waals surface area contributed by atoms with Crippen LogP contribution in [0.2, 0.25) is 0 Å². The molecule has 0 amide bonds. The Morgan fingerprint density at radius 1 is 1.64 bits per heavy atom. The van der Waals surface area contributed by atoms with Crippen LogP contribution in [0, 0.1) is 16.7 Å². The number of carbonyl (C=O) groups is 1. The number of carboxylic acids is 1. The summed E-state index contributed by atoms with van der Waals surface area (Å²) in [6, 6.07) is 1.87. The van der Waals surface area contributed by atoms with E-state index in [1.165, 1.54) is 0 Å². The van der Waals surface area contributed by atoms with Crippen LogP contribution < -0.4 is 0 Å². The number of hydrogen-bond donors (Lipinski definition) is 2. The molecular weight excluding hydrogens is 146 g/mol. The van der Waals surface area contributed by atoms with Gasteiger partial charge in [-0.2, -0.15) is 5.26 Å². The molecule has 0 heterocycles. The first-order chi connectivity index (χ1) is 5.12. The average Bonchev–Trinajstić information content (AvgIpc) is 1.86. The van der Waals surface area contributed by atoms with Crippen LogP contribution in [0.5, 0.6) is 0 Å². The lowest BCUT2D eigenvalue weighted by Crippen LogP contribution is -2.44. The molecule has 0 aromatic heterocycles. The summed E-state index contributed by atoms with van der Waals surface area (Å²) in [7, 11) is 0. The lowest BCUT2D eigenvalue weighted by atomic mass is 9.66. The molecule has 1 fully saturated rings. The van der Waals surface area contributed by atoms with Gasteiger partial charge < -0.3 is 10.2 Å². The van der Waals surface area contributed by atoms with E-state index >= 15 is 0 Å². The lowest BCUT2D eigenvalue weighted by molar-refractivity contribution is -0.155. The number of aliphatic hydroxyl groups is 1. The van der Waals surface area contributed by atoms with Crippen molar-refractivity contribution in [2.75, 3.05) is 0 Å². The third kappa shape index (κ3) is 1.08.